The fraction of sp³-hybridized carbons (Fsp3) is 0.240. The summed E-state index contributed by atoms with van der Waals surface area (Å²) in [6, 6.07) is 17.7. The Morgan fingerprint density at radius 2 is 1.77 bits per heavy atom. The second kappa shape index (κ2) is 7.78. The van der Waals surface area contributed by atoms with Gasteiger partial charge in [0.25, 0.3) is 5.91 Å². The number of aliphatic hydroxyl groups is 1. The van der Waals surface area contributed by atoms with Gasteiger partial charge in [0.2, 0.25) is 0 Å². The number of hydrogen-bond donors (Lipinski definition) is 2. The molecule has 2 N–H and O–H groups in total. The monoisotopic (exact) mass is 420 g/mol. The third-order valence-electron chi connectivity index (χ3n) is 6.41. The lowest BCUT2D eigenvalue weighted by atomic mass is 9.82. The molecule has 1 saturated heterocycles. The van der Waals surface area contributed by atoms with Gasteiger partial charge in [0.05, 0.1) is 24.3 Å². The average molecular weight is 420 g/mol. The van der Waals surface area contributed by atoms with Gasteiger partial charge in [-0.1, -0.05) is 30.3 Å². The van der Waals surface area contributed by atoms with Crippen molar-refractivity contribution in [3.63, 3.8) is 0 Å². The molecule has 0 bridgehead atoms. The molecule has 0 radical (unpaired) electrons. The number of fused-ring (bicyclic) bond motifs is 3. The molecule has 3 aromatic carbocycles. The van der Waals surface area contributed by atoms with Crippen LogP contribution in [0.1, 0.15) is 28.4 Å². The van der Waals surface area contributed by atoms with Crippen molar-refractivity contribution in [3.05, 3.63) is 89.5 Å². The van der Waals surface area contributed by atoms with Gasteiger partial charge in [0, 0.05) is 18.2 Å². The van der Waals surface area contributed by atoms with E-state index in [4.69, 9.17) is 0 Å². The summed E-state index contributed by atoms with van der Waals surface area (Å²) in [7, 11) is 0. The molecular weight excluding hydrogens is 398 g/mol. The van der Waals surface area contributed by atoms with Crippen molar-refractivity contribution in [1.82, 2.24) is 4.90 Å². The number of anilines is 1. The number of nitrogens with zero attached hydrogens (tertiary/aromatic N) is 1. The van der Waals surface area contributed by atoms with E-state index >= 15 is 0 Å². The molecule has 3 atom stereocenters. The van der Waals surface area contributed by atoms with Crippen molar-refractivity contribution in [2.24, 2.45) is 5.92 Å². The molecule has 2 aliphatic heterocycles. The second-order valence-electron chi connectivity index (χ2n) is 8.12. The first-order valence-corrected chi connectivity index (χ1v) is 10.4. The Kier molecular flexibility index (Phi) is 4.94. The van der Waals surface area contributed by atoms with Crippen LogP contribution in [0.5, 0.6) is 0 Å². The fourth-order valence-corrected chi connectivity index (χ4v) is 4.90. The SMILES string of the molecule is O=C(c1ccccc1F)N1CC[C@@H]2[C@@H](CO)Nc3ccc(-c4ccc(F)cc4)cc3[C@@H]21. The minimum absolute atomic E-state index is 0.0108. The third kappa shape index (κ3) is 3.37. The number of benzene rings is 3. The zero-order valence-electron chi connectivity index (χ0n) is 16.8. The van der Waals surface area contributed by atoms with Crippen molar-refractivity contribution in [1.29, 1.82) is 0 Å². The van der Waals surface area contributed by atoms with E-state index in [9.17, 15) is 18.7 Å². The molecule has 0 aliphatic carbocycles. The van der Waals surface area contributed by atoms with Crippen LogP contribution in [0.15, 0.2) is 66.7 Å². The smallest absolute Gasteiger partial charge is 0.257 e. The van der Waals surface area contributed by atoms with Gasteiger partial charge in [-0.15, -0.1) is 0 Å². The standard InChI is InChI=1S/C25H22F2N2O2/c26-17-8-5-15(6-9-17)16-7-10-22-20(13-16)24-19(23(14-30)28-22)11-12-29(24)25(31)18-3-1-2-4-21(18)27/h1-10,13,19,23-24,28,30H,11-12,14H2/t19-,23-,24-/m1/s1. The van der Waals surface area contributed by atoms with E-state index in [-0.39, 0.29) is 41.9 Å². The Morgan fingerprint density at radius 3 is 2.52 bits per heavy atom. The summed E-state index contributed by atoms with van der Waals surface area (Å²) in [6.07, 6.45) is 0.712. The maximum atomic E-state index is 14.3. The molecule has 0 spiro atoms. The molecule has 6 heteroatoms. The summed E-state index contributed by atoms with van der Waals surface area (Å²) in [5.74, 6) is -1.17. The molecule has 4 nitrogen and oxygen atoms in total. The highest BCUT2D eigenvalue weighted by Crippen LogP contribution is 2.47. The summed E-state index contributed by atoms with van der Waals surface area (Å²) in [5.41, 5.74) is 3.61. The maximum absolute atomic E-state index is 14.3. The Hall–Kier alpha value is -3.25. The Morgan fingerprint density at radius 1 is 1.03 bits per heavy atom. The number of aliphatic hydroxyl groups excluding tert-OH is 1. The minimum Gasteiger partial charge on any atom is -0.394 e. The fourth-order valence-electron chi connectivity index (χ4n) is 4.90. The van der Waals surface area contributed by atoms with Gasteiger partial charge in [0.15, 0.2) is 0 Å². The summed E-state index contributed by atoms with van der Waals surface area (Å²) in [6.45, 7) is 0.433. The van der Waals surface area contributed by atoms with Gasteiger partial charge < -0.3 is 15.3 Å². The molecule has 2 heterocycles. The topological polar surface area (TPSA) is 52.6 Å². The molecule has 0 aromatic heterocycles. The lowest BCUT2D eigenvalue weighted by molar-refractivity contribution is 0.0696. The van der Waals surface area contributed by atoms with Gasteiger partial charge in [0.1, 0.15) is 11.6 Å². The van der Waals surface area contributed by atoms with Crippen LogP contribution in [0.3, 0.4) is 0 Å². The second-order valence-corrected chi connectivity index (χ2v) is 8.12. The summed E-state index contributed by atoms with van der Waals surface area (Å²) in [5, 5.41) is 13.3. The number of carbonyl (C=O) groups excluding carboxylic acids is 1. The predicted molar refractivity (Wildman–Crippen MR) is 115 cm³/mol. The first-order chi connectivity index (χ1) is 15.1. The molecule has 2 aliphatic rings. The highest BCUT2D eigenvalue weighted by molar-refractivity contribution is 5.95. The summed E-state index contributed by atoms with van der Waals surface area (Å²) in [4.78, 5) is 15.0. The van der Waals surface area contributed by atoms with Gasteiger partial charge >= 0.3 is 0 Å². The molecule has 31 heavy (non-hydrogen) atoms. The van der Waals surface area contributed by atoms with Crippen LogP contribution in [0.25, 0.3) is 11.1 Å². The molecule has 0 unspecified atom stereocenters. The summed E-state index contributed by atoms with van der Waals surface area (Å²) >= 11 is 0. The van der Waals surface area contributed by atoms with Crippen molar-refractivity contribution in [2.45, 2.75) is 18.5 Å². The number of carbonyl (C=O) groups is 1. The average Bonchev–Trinajstić information content (AvgIpc) is 3.24. The Balaban J connectivity index is 1.58. The van der Waals surface area contributed by atoms with Crippen LogP contribution in [-0.2, 0) is 0 Å². The van der Waals surface area contributed by atoms with Crippen LogP contribution in [-0.4, -0.2) is 35.1 Å². The van der Waals surface area contributed by atoms with E-state index in [1.807, 2.05) is 18.2 Å². The van der Waals surface area contributed by atoms with Gasteiger partial charge in [-0.3, -0.25) is 4.79 Å². The minimum atomic E-state index is -0.538. The van der Waals surface area contributed by atoms with E-state index in [1.165, 1.54) is 24.3 Å². The highest BCUT2D eigenvalue weighted by Gasteiger charge is 2.46. The van der Waals surface area contributed by atoms with Crippen LogP contribution in [0.4, 0.5) is 14.5 Å². The zero-order valence-corrected chi connectivity index (χ0v) is 16.8. The molecule has 3 aromatic rings. The van der Waals surface area contributed by atoms with Crippen molar-refractivity contribution in [2.75, 3.05) is 18.5 Å². The lowest BCUT2D eigenvalue weighted by Crippen LogP contribution is -2.43. The quantitative estimate of drug-likeness (QED) is 0.650. The first kappa shape index (κ1) is 19.7. The first-order valence-electron chi connectivity index (χ1n) is 10.4. The van der Waals surface area contributed by atoms with E-state index in [0.717, 1.165) is 22.4 Å². The van der Waals surface area contributed by atoms with Gasteiger partial charge in [-0.25, -0.2) is 8.78 Å². The number of likely N-dealkylation sites (tertiary alicyclic amines) is 1. The molecular formula is C25H22F2N2O2. The van der Waals surface area contributed by atoms with Crippen molar-refractivity contribution < 1.29 is 18.7 Å². The number of hydrogen-bond acceptors (Lipinski definition) is 3. The third-order valence-corrected chi connectivity index (χ3v) is 6.41. The number of amides is 1. The largest absolute Gasteiger partial charge is 0.394 e. The lowest BCUT2D eigenvalue weighted by Gasteiger charge is -2.39. The van der Waals surface area contributed by atoms with Crippen LogP contribution in [0.2, 0.25) is 0 Å². The Bertz CT molecular complexity index is 1130. The normalized spacial score (nSPS) is 21.9. The van der Waals surface area contributed by atoms with Gasteiger partial charge in [-0.2, -0.15) is 0 Å². The number of rotatable bonds is 3. The van der Waals surface area contributed by atoms with Crippen LogP contribution < -0.4 is 5.32 Å². The molecule has 158 valence electrons. The number of nitrogens with one attached hydrogen (secondary N) is 1. The van der Waals surface area contributed by atoms with Crippen LogP contribution in [0, 0.1) is 17.6 Å². The van der Waals surface area contributed by atoms with Crippen molar-refractivity contribution >= 4 is 11.6 Å². The zero-order chi connectivity index (χ0) is 21.5. The summed E-state index contributed by atoms with van der Waals surface area (Å²) < 4.78 is 27.7. The molecule has 5 rings (SSSR count). The van der Waals surface area contributed by atoms with E-state index in [0.29, 0.717) is 13.0 Å². The van der Waals surface area contributed by atoms with Crippen molar-refractivity contribution in [3.8, 4) is 11.1 Å². The van der Waals surface area contributed by atoms with E-state index < -0.39 is 5.82 Å². The number of halogens is 2. The molecule has 1 amide bonds. The van der Waals surface area contributed by atoms with Crippen LogP contribution >= 0.6 is 0 Å². The van der Waals surface area contributed by atoms with E-state index in [1.54, 1.807) is 29.2 Å². The van der Waals surface area contributed by atoms with Gasteiger partial charge in [-0.05, 0) is 59.5 Å². The predicted octanol–water partition coefficient (Wildman–Crippen LogP) is 4.62. The molecule has 0 saturated carbocycles. The van der Waals surface area contributed by atoms with E-state index in [2.05, 4.69) is 5.32 Å². The highest BCUT2D eigenvalue weighted by atomic mass is 19.1. The maximum Gasteiger partial charge on any atom is 0.257 e. The Labute approximate surface area is 179 Å². The molecule has 1 fully saturated rings.